The lowest BCUT2D eigenvalue weighted by atomic mass is 10.1. The maximum absolute atomic E-state index is 5.98. The van der Waals surface area contributed by atoms with Gasteiger partial charge in [-0.25, -0.2) is 9.97 Å². The van der Waals surface area contributed by atoms with E-state index in [9.17, 15) is 0 Å². The highest BCUT2D eigenvalue weighted by Gasteiger charge is 2.24. The van der Waals surface area contributed by atoms with Gasteiger partial charge in [0.1, 0.15) is 18.2 Å². The van der Waals surface area contributed by atoms with Gasteiger partial charge in [-0.05, 0) is 18.6 Å². The molecule has 3 rings (SSSR count). The first kappa shape index (κ1) is 12.0. The van der Waals surface area contributed by atoms with Gasteiger partial charge < -0.3 is 9.64 Å². The lowest BCUT2D eigenvalue weighted by molar-refractivity contribution is 0.188. The van der Waals surface area contributed by atoms with Crippen molar-refractivity contribution >= 4 is 5.69 Å². The van der Waals surface area contributed by atoms with Crippen molar-refractivity contribution < 1.29 is 4.74 Å². The molecule has 0 unspecified atom stereocenters. The number of fused-ring (bicyclic) bond motifs is 1. The first-order valence-electron chi connectivity index (χ1n) is 6.61. The maximum Gasteiger partial charge on any atom is 0.143 e. The van der Waals surface area contributed by atoms with Gasteiger partial charge in [0.05, 0.1) is 12.2 Å². The van der Waals surface area contributed by atoms with Crippen LogP contribution in [0.3, 0.4) is 0 Å². The van der Waals surface area contributed by atoms with Gasteiger partial charge in [0.25, 0.3) is 0 Å². The predicted octanol–water partition coefficient (Wildman–Crippen LogP) is 2.65. The lowest BCUT2D eigenvalue weighted by Gasteiger charge is -2.36. The molecule has 0 radical (unpaired) electrons. The largest absolute Gasteiger partial charge is 0.486 e. The Balaban J connectivity index is 1.88. The van der Waals surface area contributed by atoms with E-state index in [0.29, 0.717) is 0 Å². The van der Waals surface area contributed by atoms with Crippen LogP contribution in [0.25, 0.3) is 0 Å². The van der Waals surface area contributed by atoms with E-state index in [2.05, 4.69) is 27.9 Å². The second kappa shape index (κ2) is 5.26. The van der Waals surface area contributed by atoms with Crippen molar-refractivity contribution in [3.05, 3.63) is 48.5 Å². The molecule has 0 saturated carbocycles. The van der Waals surface area contributed by atoms with Gasteiger partial charge in [-0.1, -0.05) is 19.1 Å². The number of aromatic nitrogens is 2. The number of para-hydroxylation sites is 2. The van der Waals surface area contributed by atoms with Crippen molar-refractivity contribution in [2.24, 2.45) is 0 Å². The number of anilines is 1. The van der Waals surface area contributed by atoms with Crippen LogP contribution < -0.4 is 9.64 Å². The Morgan fingerprint density at radius 3 is 2.84 bits per heavy atom. The number of hydrogen-bond acceptors (Lipinski definition) is 4. The second-order valence-electron chi connectivity index (χ2n) is 4.74. The molecule has 0 N–H and O–H groups in total. The molecule has 98 valence electrons. The van der Waals surface area contributed by atoms with Gasteiger partial charge in [-0.15, -0.1) is 0 Å². The van der Waals surface area contributed by atoms with Gasteiger partial charge >= 0.3 is 0 Å². The molecule has 2 aromatic rings. The molecule has 19 heavy (non-hydrogen) atoms. The summed E-state index contributed by atoms with van der Waals surface area (Å²) < 4.78 is 5.98. The Bertz CT molecular complexity index is 544. The summed E-state index contributed by atoms with van der Waals surface area (Å²) in [6.45, 7) is 3.88. The first-order valence-corrected chi connectivity index (χ1v) is 6.61. The van der Waals surface area contributed by atoms with E-state index < -0.39 is 0 Å². The van der Waals surface area contributed by atoms with E-state index in [-0.39, 0.29) is 6.10 Å². The summed E-state index contributed by atoms with van der Waals surface area (Å²) in [4.78, 5) is 10.5. The van der Waals surface area contributed by atoms with Crippen molar-refractivity contribution in [2.75, 3.05) is 11.4 Å². The highest BCUT2D eigenvalue weighted by molar-refractivity contribution is 5.60. The normalized spacial score (nSPS) is 17.7. The smallest absolute Gasteiger partial charge is 0.143 e. The highest BCUT2D eigenvalue weighted by Crippen LogP contribution is 2.34. The minimum absolute atomic E-state index is 0.250. The summed E-state index contributed by atoms with van der Waals surface area (Å²) in [6.07, 6.45) is 6.55. The molecule has 1 aromatic carbocycles. The number of hydrogen-bond donors (Lipinski definition) is 0. The zero-order chi connectivity index (χ0) is 13.1. The standard InChI is InChI=1S/C15H17N3O/c1-2-13-10-18(9-12-7-16-11-17-8-12)14-5-3-4-6-15(14)19-13/h3-8,11,13H,2,9-10H2,1H3/t13-/m1/s1. The van der Waals surface area contributed by atoms with Crippen LogP contribution in [0.4, 0.5) is 5.69 Å². The van der Waals surface area contributed by atoms with Crippen LogP contribution in [0, 0.1) is 0 Å². The molecule has 1 atom stereocenters. The summed E-state index contributed by atoms with van der Waals surface area (Å²) in [5, 5.41) is 0. The second-order valence-corrected chi connectivity index (χ2v) is 4.74. The summed E-state index contributed by atoms with van der Waals surface area (Å²) in [7, 11) is 0. The van der Waals surface area contributed by atoms with Crippen LogP contribution in [-0.4, -0.2) is 22.6 Å². The molecular formula is C15H17N3O. The monoisotopic (exact) mass is 255 g/mol. The highest BCUT2D eigenvalue weighted by atomic mass is 16.5. The average Bonchev–Trinajstić information content (AvgIpc) is 2.48. The van der Waals surface area contributed by atoms with Crippen LogP contribution in [-0.2, 0) is 6.54 Å². The van der Waals surface area contributed by atoms with E-state index in [4.69, 9.17) is 4.74 Å². The molecule has 4 heteroatoms. The summed E-state index contributed by atoms with van der Waals surface area (Å²) in [5.41, 5.74) is 2.27. The number of ether oxygens (including phenoxy) is 1. The molecule has 0 spiro atoms. The number of benzene rings is 1. The van der Waals surface area contributed by atoms with E-state index in [1.54, 1.807) is 6.33 Å². The van der Waals surface area contributed by atoms with Crippen LogP contribution >= 0.6 is 0 Å². The van der Waals surface area contributed by atoms with Crippen LogP contribution in [0.2, 0.25) is 0 Å². The van der Waals surface area contributed by atoms with Crippen LogP contribution in [0.1, 0.15) is 18.9 Å². The number of rotatable bonds is 3. The Labute approximate surface area is 113 Å². The Hall–Kier alpha value is -2.10. The maximum atomic E-state index is 5.98. The molecule has 4 nitrogen and oxygen atoms in total. The van der Waals surface area contributed by atoms with Crippen molar-refractivity contribution in [3.8, 4) is 5.75 Å². The van der Waals surface area contributed by atoms with Gasteiger partial charge in [0.2, 0.25) is 0 Å². The van der Waals surface area contributed by atoms with Crippen molar-refractivity contribution in [1.29, 1.82) is 0 Å². The fourth-order valence-corrected chi connectivity index (χ4v) is 2.37. The third-order valence-electron chi connectivity index (χ3n) is 3.37. The lowest BCUT2D eigenvalue weighted by Crippen LogP contribution is -2.39. The van der Waals surface area contributed by atoms with E-state index in [0.717, 1.165) is 36.5 Å². The van der Waals surface area contributed by atoms with Crippen molar-refractivity contribution in [2.45, 2.75) is 26.0 Å². The third-order valence-corrected chi connectivity index (χ3v) is 3.37. The van der Waals surface area contributed by atoms with E-state index in [1.807, 2.05) is 30.6 Å². The predicted molar refractivity (Wildman–Crippen MR) is 74.2 cm³/mol. The van der Waals surface area contributed by atoms with Crippen LogP contribution in [0.15, 0.2) is 43.0 Å². The van der Waals surface area contributed by atoms with Crippen molar-refractivity contribution in [3.63, 3.8) is 0 Å². The zero-order valence-corrected chi connectivity index (χ0v) is 11.0. The fraction of sp³-hybridized carbons (Fsp3) is 0.333. The Kier molecular flexibility index (Phi) is 3.31. The minimum Gasteiger partial charge on any atom is -0.486 e. The number of nitrogens with zero attached hydrogens (tertiary/aromatic N) is 3. The SMILES string of the molecule is CC[C@@H]1CN(Cc2cncnc2)c2ccccc2O1. The minimum atomic E-state index is 0.250. The third kappa shape index (κ3) is 2.52. The molecule has 0 fully saturated rings. The molecule has 0 aliphatic carbocycles. The van der Waals surface area contributed by atoms with E-state index in [1.165, 1.54) is 0 Å². The summed E-state index contributed by atoms with van der Waals surface area (Å²) >= 11 is 0. The van der Waals surface area contributed by atoms with Gasteiger partial charge in [0, 0.05) is 24.5 Å². The molecule has 1 aliphatic heterocycles. The quantitative estimate of drug-likeness (QED) is 0.845. The first-order chi connectivity index (χ1) is 9.36. The van der Waals surface area contributed by atoms with Gasteiger partial charge in [-0.2, -0.15) is 0 Å². The molecule has 2 heterocycles. The summed E-state index contributed by atoms with van der Waals surface area (Å²) in [5.74, 6) is 0.970. The molecule has 0 amide bonds. The topological polar surface area (TPSA) is 38.2 Å². The Morgan fingerprint density at radius 2 is 2.05 bits per heavy atom. The van der Waals surface area contributed by atoms with Gasteiger partial charge in [0.15, 0.2) is 0 Å². The molecular weight excluding hydrogens is 238 g/mol. The average molecular weight is 255 g/mol. The van der Waals surface area contributed by atoms with E-state index >= 15 is 0 Å². The zero-order valence-electron chi connectivity index (χ0n) is 11.0. The molecule has 0 bridgehead atoms. The molecule has 1 aromatic heterocycles. The Morgan fingerprint density at radius 1 is 1.26 bits per heavy atom. The fourth-order valence-electron chi connectivity index (χ4n) is 2.37. The summed E-state index contributed by atoms with van der Waals surface area (Å²) in [6, 6.07) is 8.19. The molecule has 1 aliphatic rings. The van der Waals surface area contributed by atoms with Crippen LogP contribution in [0.5, 0.6) is 5.75 Å². The van der Waals surface area contributed by atoms with Gasteiger partial charge in [-0.3, -0.25) is 0 Å². The molecule has 0 saturated heterocycles. The van der Waals surface area contributed by atoms with Crippen molar-refractivity contribution in [1.82, 2.24) is 9.97 Å².